The summed E-state index contributed by atoms with van der Waals surface area (Å²) < 4.78 is 18.7. The summed E-state index contributed by atoms with van der Waals surface area (Å²) in [5, 5.41) is 14.4. The lowest BCUT2D eigenvalue weighted by atomic mass is 10.2. The lowest BCUT2D eigenvalue weighted by Gasteiger charge is -2.19. The van der Waals surface area contributed by atoms with E-state index in [1.54, 1.807) is 37.4 Å². The molecule has 3 N–H and O–H groups in total. The second kappa shape index (κ2) is 12.2. The van der Waals surface area contributed by atoms with Gasteiger partial charge in [-0.25, -0.2) is 5.09 Å². The van der Waals surface area contributed by atoms with Gasteiger partial charge in [0.15, 0.2) is 0 Å². The second-order valence-corrected chi connectivity index (χ2v) is 8.96. The van der Waals surface area contributed by atoms with Crippen molar-refractivity contribution in [3.8, 4) is 0 Å². The van der Waals surface area contributed by atoms with E-state index in [-0.39, 0.29) is 24.9 Å². The van der Waals surface area contributed by atoms with Gasteiger partial charge in [0.25, 0.3) is 7.52 Å². The van der Waals surface area contributed by atoms with Crippen molar-refractivity contribution < 1.29 is 23.8 Å². The number of aliphatic carboxylic acids is 1. The first-order valence-corrected chi connectivity index (χ1v) is 11.7. The van der Waals surface area contributed by atoms with Gasteiger partial charge in [0.05, 0.1) is 12.8 Å². The molecule has 2 rings (SSSR count). The van der Waals surface area contributed by atoms with Crippen molar-refractivity contribution in [1.29, 1.82) is 0 Å². The van der Waals surface area contributed by atoms with E-state index in [1.807, 2.05) is 18.2 Å². The number of pyridine rings is 1. The normalized spacial score (nSPS) is 12.8. The minimum Gasteiger partial charge on any atom is -0.481 e. The Balaban J connectivity index is 1.87. The summed E-state index contributed by atoms with van der Waals surface area (Å²) in [5.74, 6) is -1.15. The van der Waals surface area contributed by atoms with Gasteiger partial charge in [0.1, 0.15) is 0 Å². The highest BCUT2D eigenvalue weighted by Gasteiger charge is 2.22. The first-order valence-electron chi connectivity index (χ1n) is 9.89. The third-order valence-corrected chi connectivity index (χ3v) is 6.38. The molecule has 0 aliphatic rings. The largest absolute Gasteiger partial charge is 0.481 e. The average Bonchev–Trinajstić information content (AvgIpc) is 2.70. The Morgan fingerprint density at radius 2 is 1.90 bits per heavy atom. The Morgan fingerprint density at radius 1 is 1.13 bits per heavy atom. The topological polar surface area (TPSA) is 118 Å². The molecule has 0 saturated heterocycles. The Kier molecular flexibility index (Phi) is 9.67. The van der Waals surface area contributed by atoms with Gasteiger partial charge in [-0.1, -0.05) is 18.2 Å². The molecule has 0 bridgehead atoms. The molecule has 0 radical (unpaired) electrons. The summed E-state index contributed by atoms with van der Waals surface area (Å²) in [4.78, 5) is 26.6. The molecule has 1 aromatic carbocycles. The fourth-order valence-corrected chi connectivity index (χ4v) is 4.67. The van der Waals surface area contributed by atoms with Crippen LogP contribution in [-0.4, -0.2) is 35.1 Å². The molecule has 162 valence electrons. The van der Waals surface area contributed by atoms with E-state index in [0.29, 0.717) is 31.7 Å². The number of aromatic nitrogens is 1. The molecule has 1 unspecified atom stereocenters. The molecule has 8 nitrogen and oxygen atoms in total. The molecular formula is C21H28N3O5P. The van der Waals surface area contributed by atoms with Crippen molar-refractivity contribution >= 4 is 25.1 Å². The number of benzene rings is 1. The number of carbonyl (C=O) groups excluding carboxylic acids is 1. The van der Waals surface area contributed by atoms with Crippen LogP contribution in [0.15, 0.2) is 48.7 Å². The predicted molar refractivity (Wildman–Crippen MR) is 115 cm³/mol. The summed E-state index contributed by atoms with van der Waals surface area (Å²) in [5.41, 5.74) is 2.34. The number of anilines is 1. The monoisotopic (exact) mass is 433 g/mol. The van der Waals surface area contributed by atoms with E-state index in [9.17, 15) is 14.2 Å². The van der Waals surface area contributed by atoms with Gasteiger partial charge in [-0.05, 0) is 43.2 Å². The number of nitrogens with one attached hydrogen (secondary N) is 2. The Labute approximate surface area is 176 Å². The summed E-state index contributed by atoms with van der Waals surface area (Å²) in [6, 6.07) is 12.7. The van der Waals surface area contributed by atoms with Crippen LogP contribution < -0.4 is 10.4 Å². The molecule has 0 aliphatic carbocycles. The van der Waals surface area contributed by atoms with E-state index in [1.165, 1.54) is 0 Å². The SMILES string of the molecule is CCOP(=O)(Cc1ccc(NC(=O)CCCC(=O)O)cc1)NCCc1ccccn1. The summed E-state index contributed by atoms with van der Waals surface area (Å²) in [6.45, 7) is 2.62. The molecule has 1 aromatic heterocycles. The standard InChI is InChI=1S/C21H28N3O5P/c1-2-29-30(28,23-15-13-18-6-3-4-14-22-18)16-17-9-11-19(12-10-17)24-20(25)7-5-8-21(26)27/h3-4,6,9-12,14H,2,5,7-8,13,15-16H2,1H3,(H,23,28)(H,24,25)(H,26,27). The van der Waals surface area contributed by atoms with Gasteiger partial charge in [-0.2, -0.15) is 0 Å². The zero-order valence-electron chi connectivity index (χ0n) is 17.0. The first-order chi connectivity index (χ1) is 14.4. The van der Waals surface area contributed by atoms with Crippen LogP contribution in [0.25, 0.3) is 0 Å². The van der Waals surface area contributed by atoms with Crippen molar-refractivity contribution in [3.05, 3.63) is 59.9 Å². The summed E-state index contributed by atoms with van der Waals surface area (Å²) in [6.07, 6.45) is 3.01. The van der Waals surface area contributed by atoms with Crippen molar-refractivity contribution in [1.82, 2.24) is 10.1 Å². The van der Waals surface area contributed by atoms with Crippen LogP contribution >= 0.6 is 7.52 Å². The Bertz CT molecular complexity index is 859. The maximum atomic E-state index is 13.1. The number of hydrogen-bond donors (Lipinski definition) is 3. The maximum absolute atomic E-state index is 13.1. The number of carbonyl (C=O) groups is 2. The van der Waals surface area contributed by atoms with Crippen LogP contribution in [0.5, 0.6) is 0 Å². The Morgan fingerprint density at radius 3 is 2.53 bits per heavy atom. The zero-order chi connectivity index (χ0) is 21.8. The molecule has 1 amide bonds. The van der Waals surface area contributed by atoms with Crippen LogP contribution in [0.3, 0.4) is 0 Å². The van der Waals surface area contributed by atoms with Gasteiger partial charge >= 0.3 is 5.97 Å². The molecule has 0 fully saturated rings. The van der Waals surface area contributed by atoms with E-state index in [0.717, 1.165) is 11.3 Å². The van der Waals surface area contributed by atoms with E-state index in [4.69, 9.17) is 9.63 Å². The molecule has 1 atom stereocenters. The molecule has 0 aliphatic heterocycles. The van der Waals surface area contributed by atoms with Crippen molar-refractivity contribution in [2.75, 3.05) is 18.5 Å². The van der Waals surface area contributed by atoms with Crippen molar-refractivity contribution in [2.45, 2.75) is 38.8 Å². The quantitative estimate of drug-likeness (QED) is 0.411. The fourth-order valence-electron chi connectivity index (χ4n) is 2.81. The highest BCUT2D eigenvalue weighted by molar-refractivity contribution is 7.56. The van der Waals surface area contributed by atoms with Gasteiger partial charge in [0, 0.05) is 43.4 Å². The number of rotatable bonds is 13. The van der Waals surface area contributed by atoms with Crippen molar-refractivity contribution in [2.24, 2.45) is 0 Å². The van der Waals surface area contributed by atoms with Crippen LogP contribution in [0, 0.1) is 0 Å². The third kappa shape index (κ3) is 8.86. The van der Waals surface area contributed by atoms with Gasteiger partial charge in [0.2, 0.25) is 5.91 Å². The van der Waals surface area contributed by atoms with Crippen LogP contribution in [0.1, 0.15) is 37.4 Å². The second-order valence-electron chi connectivity index (χ2n) is 6.72. The van der Waals surface area contributed by atoms with E-state index < -0.39 is 13.5 Å². The predicted octanol–water partition coefficient (Wildman–Crippen LogP) is 3.84. The number of carboxylic acid groups (broad SMARTS) is 1. The number of amides is 1. The van der Waals surface area contributed by atoms with Crippen LogP contribution in [0.4, 0.5) is 5.69 Å². The van der Waals surface area contributed by atoms with Gasteiger partial charge in [-0.15, -0.1) is 0 Å². The van der Waals surface area contributed by atoms with E-state index in [2.05, 4.69) is 15.4 Å². The molecule has 0 saturated carbocycles. The summed E-state index contributed by atoms with van der Waals surface area (Å²) in [7, 11) is -3.07. The smallest absolute Gasteiger partial charge is 0.303 e. The molecule has 2 aromatic rings. The number of carboxylic acids is 1. The highest BCUT2D eigenvalue weighted by Crippen LogP contribution is 2.45. The van der Waals surface area contributed by atoms with Crippen LogP contribution in [0.2, 0.25) is 0 Å². The molecule has 9 heteroatoms. The first kappa shape index (κ1) is 23.7. The minimum absolute atomic E-state index is 0.0353. The number of nitrogens with zero attached hydrogens (tertiary/aromatic N) is 1. The van der Waals surface area contributed by atoms with Gasteiger partial charge in [-0.3, -0.25) is 19.1 Å². The number of hydrogen-bond acceptors (Lipinski definition) is 5. The molecule has 0 spiro atoms. The minimum atomic E-state index is -3.07. The zero-order valence-corrected chi connectivity index (χ0v) is 17.9. The third-order valence-electron chi connectivity index (χ3n) is 4.22. The highest BCUT2D eigenvalue weighted by atomic mass is 31.2. The Hall–Kier alpha value is -2.54. The average molecular weight is 433 g/mol. The molecular weight excluding hydrogens is 405 g/mol. The van der Waals surface area contributed by atoms with Crippen LogP contribution in [-0.2, 0) is 31.3 Å². The molecule has 30 heavy (non-hydrogen) atoms. The fraction of sp³-hybridized carbons (Fsp3) is 0.381. The lowest BCUT2D eigenvalue weighted by molar-refractivity contribution is -0.137. The maximum Gasteiger partial charge on any atom is 0.303 e. The lowest BCUT2D eigenvalue weighted by Crippen LogP contribution is -2.18. The molecule has 1 heterocycles. The van der Waals surface area contributed by atoms with E-state index >= 15 is 0 Å². The summed E-state index contributed by atoms with van der Waals surface area (Å²) >= 11 is 0. The van der Waals surface area contributed by atoms with Crippen molar-refractivity contribution in [3.63, 3.8) is 0 Å². The van der Waals surface area contributed by atoms with Gasteiger partial charge < -0.3 is 14.9 Å².